The van der Waals surface area contributed by atoms with Crippen molar-refractivity contribution < 1.29 is 14.3 Å². The third-order valence-electron chi connectivity index (χ3n) is 4.66. The average molecular weight is 225 g/mol. The molecule has 4 nitrogen and oxygen atoms in total. The average Bonchev–Trinajstić information content (AvgIpc) is 2.82. The first kappa shape index (κ1) is 11.4. The van der Waals surface area contributed by atoms with E-state index < -0.39 is 16.9 Å². The number of hydrogen-bond acceptors (Lipinski definition) is 3. The van der Waals surface area contributed by atoms with Gasteiger partial charge in [0.1, 0.15) is 0 Å². The van der Waals surface area contributed by atoms with E-state index >= 15 is 0 Å². The maximum absolute atomic E-state index is 12.0. The van der Waals surface area contributed by atoms with E-state index in [4.69, 9.17) is 10.5 Å². The van der Waals surface area contributed by atoms with Crippen molar-refractivity contribution in [2.45, 2.75) is 52.1 Å². The molecule has 1 saturated heterocycles. The minimum Gasteiger partial charge on any atom is -0.448 e. The van der Waals surface area contributed by atoms with E-state index in [1.54, 1.807) is 0 Å². The lowest BCUT2D eigenvalue weighted by Crippen LogP contribution is -2.41. The molecule has 4 heteroatoms. The number of nitrogens with two attached hydrogens (primary N) is 1. The lowest BCUT2D eigenvalue weighted by atomic mass is 9.80. The maximum Gasteiger partial charge on any atom is 0.312 e. The number of rotatable bonds is 2. The van der Waals surface area contributed by atoms with Crippen LogP contribution in [0.15, 0.2) is 0 Å². The van der Waals surface area contributed by atoms with Crippen molar-refractivity contribution >= 4 is 11.9 Å². The van der Waals surface area contributed by atoms with Gasteiger partial charge in [0.05, 0.1) is 5.41 Å². The van der Waals surface area contributed by atoms with Gasteiger partial charge in [-0.05, 0) is 26.2 Å². The predicted molar refractivity (Wildman–Crippen MR) is 58.4 cm³/mol. The summed E-state index contributed by atoms with van der Waals surface area (Å²) < 4.78 is 5.43. The number of primary amides is 1. The highest BCUT2D eigenvalue weighted by molar-refractivity contribution is 5.92. The molecule has 16 heavy (non-hydrogen) atoms. The molecular weight excluding hydrogens is 206 g/mol. The van der Waals surface area contributed by atoms with E-state index in [0.29, 0.717) is 6.42 Å². The minimum atomic E-state index is -1.02. The Bertz CT molecular complexity index is 367. The van der Waals surface area contributed by atoms with Crippen molar-refractivity contribution in [1.82, 2.24) is 0 Å². The molecular formula is C12H19NO3. The van der Waals surface area contributed by atoms with Crippen LogP contribution in [0.25, 0.3) is 0 Å². The zero-order chi connectivity index (χ0) is 12.2. The SMILES string of the molecule is CC[C@@]1(C)CCC2(C)C[C@]2(C(N)=O)OC1=O. The number of esters is 1. The van der Waals surface area contributed by atoms with E-state index in [2.05, 4.69) is 0 Å². The van der Waals surface area contributed by atoms with Gasteiger partial charge in [-0.3, -0.25) is 9.59 Å². The second-order valence-corrected chi connectivity index (χ2v) is 5.73. The highest BCUT2D eigenvalue weighted by Gasteiger charge is 2.73. The van der Waals surface area contributed by atoms with Crippen LogP contribution in [0, 0.1) is 10.8 Å². The third kappa shape index (κ3) is 1.22. The Morgan fingerprint density at radius 1 is 1.44 bits per heavy atom. The van der Waals surface area contributed by atoms with Gasteiger partial charge in [0.25, 0.3) is 5.91 Å². The molecule has 1 aliphatic heterocycles. The van der Waals surface area contributed by atoms with Gasteiger partial charge in [0, 0.05) is 11.8 Å². The predicted octanol–water partition coefficient (Wildman–Crippen LogP) is 1.37. The molecule has 2 N–H and O–H groups in total. The summed E-state index contributed by atoms with van der Waals surface area (Å²) in [6, 6.07) is 0. The topological polar surface area (TPSA) is 69.4 Å². The van der Waals surface area contributed by atoms with Gasteiger partial charge >= 0.3 is 5.97 Å². The normalized spacial score (nSPS) is 46.6. The van der Waals surface area contributed by atoms with Crippen molar-refractivity contribution in [3.8, 4) is 0 Å². The summed E-state index contributed by atoms with van der Waals surface area (Å²) in [5, 5.41) is 0. The van der Waals surface area contributed by atoms with Crippen LogP contribution < -0.4 is 5.73 Å². The van der Waals surface area contributed by atoms with Crippen LogP contribution >= 0.6 is 0 Å². The summed E-state index contributed by atoms with van der Waals surface area (Å²) in [5.41, 5.74) is 3.66. The van der Waals surface area contributed by atoms with Crippen LogP contribution in [-0.2, 0) is 14.3 Å². The van der Waals surface area contributed by atoms with Gasteiger partial charge in [0.2, 0.25) is 0 Å². The van der Waals surface area contributed by atoms with Gasteiger partial charge < -0.3 is 10.5 Å². The fourth-order valence-electron chi connectivity index (χ4n) is 2.65. The summed E-state index contributed by atoms with van der Waals surface area (Å²) in [6.45, 7) is 5.85. The van der Waals surface area contributed by atoms with Crippen molar-refractivity contribution in [1.29, 1.82) is 0 Å². The quantitative estimate of drug-likeness (QED) is 0.722. The molecule has 1 saturated carbocycles. The Kier molecular flexibility index (Phi) is 2.14. The van der Waals surface area contributed by atoms with Crippen LogP contribution in [-0.4, -0.2) is 17.5 Å². The number of ether oxygens (including phenoxy) is 1. The monoisotopic (exact) mass is 225 g/mol. The molecule has 2 fully saturated rings. The Morgan fingerprint density at radius 3 is 2.56 bits per heavy atom. The number of carbonyl (C=O) groups is 2. The standard InChI is InChI=1S/C12H19NO3/c1-4-10(2)5-6-11(3)7-12(11,8(13)14)16-9(10)15/h4-7H2,1-3H3,(H2,13,14)/t10-,11?,12+/m0/s1. The van der Waals surface area contributed by atoms with E-state index in [1.807, 2.05) is 20.8 Å². The van der Waals surface area contributed by atoms with Gasteiger partial charge in [-0.2, -0.15) is 0 Å². The van der Waals surface area contributed by atoms with Crippen LogP contribution in [0.4, 0.5) is 0 Å². The summed E-state index contributed by atoms with van der Waals surface area (Å²) >= 11 is 0. The largest absolute Gasteiger partial charge is 0.448 e. The molecule has 0 aromatic carbocycles. The summed E-state index contributed by atoms with van der Waals surface area (Å²) in [5.74, 6) is -0.765. The molecule has 1 aliphatic carbocycles. The Hall–Kier alpha value is -1.06. The first-order valence-corrected chi connectivity index (χ1v) is 5.83. The molecule has 1 heterocycles. The van der Waals surface area contributed by atoms with E-state index in [0.717, 1.165) is 19.3 Å². The van der Waals surface area contributed by atoms with E-state index in [-0.39, 0.29) is 11.4 Å². The summed E-state index contributed by atoms with van der Waals surface area (Å²) in [7, 11) is 0. The Labute approximate surface area is 95.5 Å². The maximum atomic E-state index is 12.0. The lowest BCUT2D eigenvalue weighted by Gasteiger charge is -2.25. The molecule has 0 aromatic rings. The van der Waals surface area contributed by atoms with Crippen LogP contribution in [0.1, 0.15) is 46.5 Å². The molecule has 0 spiro atoms. The minimum absolute atomic E-state index is 0.235. The second-order valence-electron chi connectivity index (χ2n) is 5.73. The zero-order valence-electron chi connectivity index (χ0n) is 10.1. The van der Waals surface area contributed by atoms with Crippen molar-refractivity contribution in [2.24, 2.45) is 16.6 Å². The van der Waals surface area contributed by atoms with Crippen LogP contribution in [0.5, 0.6) is 0 Å². The zero-order valence-corrected chi connectivity index (χ0v) is 10.1. The van der Waals surface area contributed by atoms with Gasteiger partial charge in [0.15, 0.2) is 5.60 Å². The van der Waals surface area contributed by atoms with E-state index in [1.165, 1.54) is 0 Å². The Balaban J connectivity index is 2.31. The highest BCUT2D eigenvalue weighted by atomic mass is 16.6. The number of fused-ring (bicyclic) bond motifs is 1. The van der Waals surface area contributed by atoms with Crippen molar-refractivity contribution in [2.75, 3.05) is 0 Å². The molecule has 3 atom stereocenters. The molecule has 1 unspecified atom stereocenters. The third-order valence-corrected chi connectivity index (χ3v) is 4.66. The molecule has 0 aromatic heterocycles. The molecule has 1 amide bonds. The van der Waals surface area contributed by atoms with Crippen LogP contribution in [0.2, 0.25) is 0 Å². The molecule has 0 radical (unpaired) electrons. The van der Waals surface area contributed by atoms with E-state index in [9.17, 15) is 9.59 Å². The van der Waals surface area contributed by atoms with Gasteiger partial charge in [-0.1, -0.05) is 13.8 Å². The Morgan fingerprint density at radius 2 is 2.06 bits per heavy atom. The van der Waals surface area contributed by atoms with Gasteiger partial charge in [-0.15, -0.1) is 0 Å². The second kappa shape index (κ2) is 2.99. The first-order chi connectivity index (χ1) is 7.30. The molecule has 2 rings (SSSR count). The summed E-state index contributed by atoms with van der Waals surface area (Å²) in [6.07, 6.45) is 2.91. The number of amides is 1. The molecule has 0 bridgehead atoms. The highest BCUT2D eigenvalue weighted by Crippen LogP contribution is 2.64. The fraction of sp³-hybridized carbons (Fsp3) is 0.833. The lowest BCUT2D eigenvalue weighted by molar-refractivity contribution is -0.167. The number of hydrogen-bond donors (Lipinski definition) is 1. The van der Waals surface area contributed by atoms with Crippen molar-refractivity contribution in [3.05, 3.63) is 0 Å². The molecule has 2 aliphatic rings. The summed E-state index contributed by atoms with van der Waals surface area (Å²) in [4.78, 5) is 23.5. The van der Waals surface area contributed by atoms with Crippen molar-refractivity contribution in [3.63, 3.8) is 0 Å². The molecule has 90 valence electrons. The first-order valence-electron chi connectivity index (χ1n) is 5.83. The number of carbonyl (C=O) groups excluding carboxylic acids is 2. The smallest absolute Gasteiger partial charge is 0.312 e. The van der Waals surface area contributed by atoms with Gasteiger partial charge in [-0.25, -0.2) is 0 Å². The van der Waals surface area contributed by atoms with Crippen LogP contribution in [0.3, 0.4) is 0 Å². The fourth-order valence-corrected chi connectivity index (χ4v) is 2.65.